The van der Waals surface area contributed by atoms with Crippen molar-refractivity contribution in [3.05, 3.63) is 34.4 Å². The van der Waals surface area contributed by atoms with Gasteiger partial charge in [-0.2, -0.15) is 0 Å². The zero-order chi connectivity index (χ0) is 10.8. The summed E-state index contributed by atoms with van der Waals surface area (Å²) in [7, 11) is 0. The predicted octanol–water partition coefficient (Wildman–Crippen LogP) is 3.09. The first-order valence-corrected chi connectivity index (χ1v) is 5.41. The third-order valence-corrected chi connectivity index (χ3v) is 3.07. The predicted molar refractivity (Wildman–Crippen MR) is 56.2 cm³/mol. The van der Waals surface area contributed by atoms with Crippen LogP contribution in [0.5, 0.6) is 0 Å². The monoisotopic (exact) mass is 231 g/mol. The van der Waals surface area contributed by atoms with Crippen LogP contribution in [0.4, 0.5) is 8.78 Å². The highest BCUT2D eigenvalue weighted by Crippen LogP contribution is 2.28. The summed E-state index contributed by atoms with van der Waals surface area (Å²) in [6.07, 6.45) is 1.89. The lowest BCUT2D eigenvalue weighted by Gasteiger charge is -2.23. The molecule has 1 unspecified atom stereocenters. The van der Waals surface area contributed by atoms with Crippen molar-refractivity contribution >= 4 is 11.6 Å². The molecule has 4 heteroatoms. The molecule has 0 aromatic heterocycles. The Bertz CT molecular complexity index is 362. The van der Waals surface area contributed by atoms with E-state index >= 15 is 0 Å². The van der Waals surface area contributed by atoms with E-state index in [-0.39, 0.29) is 10.9 Å². The highest BCUT2D eigenvalue weighted by Gasteiger charge is 2.20. The SMILES string of the molecule is Fc1cc(C2CCCNC2)c(F)cc1Cl. The quantitative estimate of drug-likeness (QED) is 0.733. The molecule has 2 rings (SSSR count). The molecular weight excluding hydrogens is 220 g/mol. The second-order valence-electron chi connectivity index (χ2n) is 3.83. The van der Waals surface area contributed by atoms with Gasteiger partial charge in [-0.15, -0.1) is 0 Å². The fourth-order valence-electron chi connectivity index (χ4n) is 1.97. The molecular formula is C11H12ClF2N. The van der Waals surface area contributed by atoms with Gasteiger partial charge >= 0.3 is 0 Å². The van der Waals surface area contributed by atoms with E-state index in [0.717, 1.165) is 25.5 Å². The average Bonchev–Trinajstić information content (AvgIpc) is 2.25. The minimum Gasteiger partial charge on any atom is -0.316 e. The maximum atomic E-state index is 13.5. The molecule has 1 saturated heterocycles. The van der Waals surface area contributed by atoms with E-state index in [9.17, 15) is 8.78 Å². The van der Waals surface area contributed by atoms with Gasteiger partial charge in [0.1, 0.15) is 11.6 Å². The molecule has 1 nitrogen and oxygen atoms in total. The standard InChI is InChI=1S/C11H12ClF2N/c12-9-5-10(13)8(4-11(9)14)7-2-1-3-15-6-7/h4-5,7,15H,1-3,6H2. The molecule has 0 amide bonds. The smallest absolute Gasteiger partial charge is 0.142 e. The topological polar surface area (TPSA) is 12.0 Å². The van der Waals surface area contributed by atoms with Gasteiger partial charge in [0, 0.05) is 6.54 Å². The van der Waals surface area contributed by atoms with Gasteiger partial charge in [0.15, 0.2) is 0 Å². The summed E-state index contributed by atoms with van der Waals surface area (Å²) >= 11 is 5.49. The van der Waals surface area contributed by atoms with Gasteiger partial charge in [-0.25, -0.2) is 8.78 Å². The lowest BCUT2D eigenvalue weighted by molar-refractivity contribution is 0.444. The number of benzene rings is 1. The number of piperidine rings is 1. The van der Waals surface area contributed by atoms with E-state index in [1.165, 1.54) is 6.07 Å². The summed E-state index contributed by atoms with van der Waals surface area (Å²) < 4.78 is 26.7. The summed E-state index contributed by atoms with van der Waals surface area (Å²) in [5.41, 5.74) is 0.434. The van der Waals surface area contributed by atoms with Crippen molar-refractivity contribution in [3.63, 3.8) is 0 Å². The maximum Gasteiger partial charge on any atom is 0.142 e. The number of nitrogens with one attached hydrogen (secondary N) is 1. The molecule has 1 atom stereocenters. The van der Waals surface area contributed by atoms with Gasteiger partial charge in [0.2, 0.25) is 0 Å². The molecule has 0 saturated carbocycles. The fraction of sp³-hybridized carbons (Fsp3) is 0.455. The Balaban J connectivity index is 2.30. The Morgan fingerprint density at radius 1 is 1.27 bits per heavy atom. The molecule has 1 aromatic carbocycles. The third kappa shape index (κ3) is 2.29. The molecule has 0 aliphatic carbocycles. The van der Waals surface area contributed by atoms with Gasteiger partial charge in [-0.1, -0.05) is 11.6 Å². The Morgan fingerprint density at radius 3 is 2.73 bits per heavy atom. The van der Waals surface area contributed by atoms with Crippen LogP contribution in [0.2, 0.25) is 5.02 Å². The number of hydrogen-bond acceptors (Lipinski definition) is 1. The second-order valence-corrected chi connectivity index (χ2v) is 4.24. The number of halogens is 3. The van der Waals surface area contributed by atoms with Gasteiger partial charge in [0.25, 0.3) is 0 Å². The first-order chi connectivity index (χ1) is 7.18. The van der Waals surface area contributed by atoms with Crippen molar-refractivity contribution in [2.24, 2.45) is 0 Å². The Morgan fingerprint density at radius 2 is 2.07 bits per heavy atom. The highest BCUT2D eigenvalue weighted by molar-refractivity contribution is 6.30. The van der Waals surface area contributed by atoms with Crippen molar-refractivity contribution in [2.75, 3.05) is 13.1 Å². The molecule has 1 N–H and O–H groups in total. The first kappa shape index (κ1) is 10.8. The van der Waals surface area contributed by atoms with E-state index in [0.29, 0.717) is 12.1 Å². The Hall–Kier alpha value is -0.670. The molecule has 1 aromatic rings. The minimum absolute atomic E-state index is 0.0607. The lowest BCUT2D eigenvalue weighted by atomic mass is 9.91. The van der Waals surface area contributed by atoms with Gasteiger partial charge < -0.3 is 5.32 Å². The molecule has 1 heterocycles. The zero-order valence-electron chi connectivity index (χ0n) is 8.19. The fourth-order valence-corrected chi connectivity index (χ4v) is 2.12. The largest absolute Gasteiger partial charge is 0.316 e. The molecule has 1 fully saturated rings. The number of rotatable bonds is 1. The zero-order valence-corrected chi connectivity index (χ0v) is 8.95. The second kappa shape index (κ2) is 4.45. The van der Waals surface area contributed by atoms with E-state index in [2.05, 4.69) is 5.32 Å². The van der Waals surface area contributed by atoms with Crippen LogP contribution in [-0.2, 0) is 0 Å². The van der Waals surface area contributed by atoms with E-state index in [1.807, 2.05) is 0 Å². The Kier molecular flexibility index (Phi) is 3.22. The normalized spacial score (nSPS) is 21.7. The van der Waals surface area contributed by atoms with Gasteiger partial charge in [0.05, 0.1) is 5.02 Å². The van der Waals surface area contributed by atoms with Crippen LogP contribution in [-0.4, -0.2) is 13.1 Å². The van der Waals surface area contributed by atoms with E-state index < -0.39 is 11.6 Å². The van der Waals surface area contributed by atoms with E-state index in [4.69, 9.17) is 11.6 Å². The van der Waals surface area contributed by atoms with Crippen molar-refractivity contribution < 1.29 is 8.78 Å². The van der Waals surface area contributed by atoms with Crippen LogP contribution in [0.25, 0.3) is 0 Å². The van der Waals surface area contributed by atoms with Crippen LogP contribution in [0, 0.1) is 11.6 Å². The molecule has 0 spiro atoms. The van der Waals surface area contributed by atoms with Gasteiger partial charge in [-0.05, 0) is 43.0 Å². The van der Waals surface area contributed by atoms with Crippen LogP contribution in [0.15, 0.2) is 12.1 Å². The van der Waals surface area contributed by atoms with Crippen molar-refractivity contribution in [2.45, 2.75) is 18.8 Å². The van der Waals surface area contributed by atoms with E-state index in [1.54, 1.807) is 0 Å². The summed E-state index contributed by atoms with van der Waals surface area (Å²) in [5.74, 6) is -0.890. The highest BCUT2D eigenvalue weighted by atomic mass is 35.5. The van der Waals surface area contributed by atoms with Crippen LogP contribution < -0.4 is 5.32 Å². The first-order valence-electron chi connectivity index (χ1n) is 5.03. The van der Waals surface area contributed by atoms with Crippen LogP contribution in [0.1, 0.15) is 24.3 Å². The molecule has 82 valence electrons. The molecule has 1 aliphatic rings. The van der Waals surface area contributed by atoms with Crippen LogP contribution in [0.3, 0.4) is 0 Å². The average molecular weight is 232 g/mol. The number of hydrogen-bond donors (Lipinski definition) is 1. The lowest BCUT2D eigenvalue weighted by Crippen LogP contribution is -2.28. The molecule has 0 bridgehead atoms. The van der Waals surface area contributed by atoms with Crippen molar-refractivity contribution in [3.8, 4) is 0 Å². The molecule has 15 heavy (non-hydrogen) atoms. The third-order valence-electron chi connectivity index (χ3n) is 2.78. The summed E-state index contributed by atoms with van der Waals surface area (Å²) in [5, 5.41) is 3.02. The maximum absolute atomic E-state index is 13.5. The Labute approximate surface area is 92.4 Å². The molecule has 1 aliphatic heterocycles. The minimum atomic E-state index is -0.543. The summed E-state index contributed by atoms with van der Waals surface area (Å²) in [4.78, 5) is 0. The molecule has 0 radical (unpaired) electrons. The van der Waals surface area contributed by atoms with Crippen molar-refractivity contribution in [1.82, 2.24) is 5.32 Å². The summed E-state index contributed by atoms with van der Waals surface area (Å²) in [6.45, 7) is 1.66. The van der Waals surface area contributed by atoms with Gasteiger partial charge in [-0.3, -0.25) is 0 Å². The van der Waals surface area contributed by atoms with Crippen LogP contribution >= 0.6 is 11.6 Å². The van der Waals surface area contributed by atoms with Crippen molar-refractivity contribution in [1.29, 1.82) is 0 Å². The summed E-state index contributed by atoms with van der Waals surface area (Å²) in [6, 6.07) is 2.27.